The van der Waals surface area contributed by atoms with E-state index in [0.717, 1.165) is 12.8 Å². The number of benzene rings is 1. The van der Waals surface area contributed by atoms with Crippen LogP contribution >= 0.6 is 0 Å². The van der Waals surface area contributed by atoms with Gasteiger partial charge >= 0.3 is 11.8 Å². The first kappa shape index (κ1) is 15.6. The van der Waals surface area contributed by atoms with E-state index >= 15 is 0 Å². The summed E-state index contributed by atoms with van der Waals surface area (Å²) in [7, 11) is 1.52. The van der Waals surface area contributed by atoms with Gasteiger partial charge in [0.1, 0.15) is 5.69 Å². The number of amides is 2. The second kappa shape index (κ2) is 7.22. The summed E-state index contributed by atoms with van der Waals surface area (Å²) in [6.07, 6.45) is 1.70. The normalized spacial score (nSPS) is 9.90. The van der Waals surface area contributed by atoms with Gasteiger partial charge in [-0.2, -0.15) is 0 Å². The number of hydrogen-bond acceptors (Lipinski definition) is 4. The minimum absolute atomic E-state index is 0.0136. The quantitative estimate of drug-likeness (QED) is 0.505. The smallest absolute Gasteiger partial charge is 0.314 e. The van der Waals surface area contributed by atoms with Gasteiger partial charge in [-0.3, -0.25) is 19.7 Å². The predicted octanol–water partition coefficient (Wildman–Crippen LogP) is 1.79. The number of anilines is 1. The number of rotatable bonds is 5. The molecule has 2 amide bonds. The minimum atomic E-state index is -0.877. The van der Waals surface area contributed by atoms with Crippen LogP contribution in [-0.2, 0) is 9.59 Å². The Hall–Kier alpha value is -2.44. The molecule has 0 unspecified atom stereocenters. The summed E-state index contributed by atoms with van der Waals surface area (Å²) in [5.41, 5.74) is -0.232. The maximum Gasteiger partial charge on any atom is 0.314 e. The van der Waals surface area contributed by atoms with Crippen molar-refractivity contribution in [1.82, 2.24) is 4.90 Å². The Morgan fingerprint density at radius 2 is 2.00 bits per heavy atom. The maximum absolute atomic E-state index is 11.8. The van der Waals surface area contributed by atoms with Gasteiger partial charge < -0.3 is 10.2 Å². The van der Waals surface area contributed by atoms with Crippen molar-refractivity contribution < 1.29 is 14.5 Å². The summed E-state index contributed by atoms with van der Waals surface area (Å²) < 4.78 is 0. The number of likely N-dealkylation sites (N-methyl/N-ethyl adjacent to an activating group) is 1. The second-order valence-corrected chi connectivity index (χ2v) is 4.31. The van der Waals surface area contributed by atoms with Crippen LogP contribution in [0.15, 0.2) is 24.3 Å². The molecule has 0 fully saturated rings. The number of carbonyl (C=O) groups excluding carboxylic acids is 2. The highest BCUT2D eigenvalue weighted by Gasteiger charge is 2.21. The Balaban J connectivity index is 2.76. The largest absolute Gasteiger partial charge is 0.338 e. The Bertz CT molecular complexity index is 516. The van der Waals surface area contributed by atoms with Crippen molar-refractivity contribution in [2.45, 2.75) is 19.8 Å². The molecule has 1 rings (SSSR count). The molecule has 0 saturated heterocycles. The van der Waals surface area contributed by atoms with Gasteiger partial charge in [0, 0.05) is 19.7 Å². The monoisotopic (exact) mass is 279 g/mol. The number of nitro benzene ring substituents is 1. The minimum Gasteiger partial charge on any atom is -0.338 e. The zero-order valence-corrected chi connectivity index (χ0v) is 11.5. The molecular weight excluding hydrogens is 262 g/mol. The molecule has 1 aromatic carbocycles. The van der Waals surface area contributed by atoms with Gasteiger partial charge in [0.05, 0.1) is 4.92 Å². The lowest BCUT2D eigenvalue weighted by atomic mass is 10.2. The zero-order valence-electron chi connectivity index (χ0n) is 11.5. The van der Waals surface area contributed by atoms with E-state index in [1.165, 1.54) is 30.1 Å². The van der Waals surface area contributed by atoms with Crippen LogP contribution in [0.3, 0.4) is 0 Å². The third-order valence-electron chi connectivity index (χ3n) is 2.74. The molecule has 0 aromatic heterocycles. The van der Waals surface area contributed by atoms with Crippen LogP contribution in [0.5, 0.6) is 0 Å². The Labute approximate surface area is 116 Å². The lowest BCUT2D eigenvalue weighted by Crippen LogP contribution is -2.37. The number of unbranched alkanes of at least 4 members (excludes halogenated alkanes) is 1. The molecule has 0 aliphatic heterocycles. The molecule has 0 radical (unpaired) electrons. The highest BCUT2D eigenvalue weighted by atomic mass is 16.6. The predicted molar refractivity (Wildman–Crippen MR) is 74.3 cm³/mol. The Morgan fingerprint density at radius 3 is 2.60 bits per heavy atom. The molecule has 7 heteroatoms. The topological polar surface area (TPSA) is 92.6 Å². The molecule has 108 valence electrons. The molecule has 0 bridgehead atoms. The van der Waals surface area contributed by atoms with E-state index in [-0.39, 0.29) is 11.4 Å². The van der Waals surface area contributed by atoms with Crippen LogP contribution < -0.4 is 5.32 Å². The van der Waals surface area contributed by atoms with Crippen molar-refractivity contribution in [2.24, 2.45) is 0 Å². The van der Waals surface area contributed by atoms with Crippen LogP contribution in [0, 0.1) is 10.1 Å². The summed E-state index contributed by atoms with van der Waals surface area (Å²) in [5, 5.41) is 13.1. The molecule has 0 atom stereocenters. The average Bonchev–Trinajstić information content (AvgIpc) is 2.44. The highest BCUT2D eigenvalue weighted by Crippen LogP contribution is 2.23. The molecule has 7 nitrogen and oxygen atoms in total. The molecule has 0 spiro atoms. The van der Waals surface area contributed by atoms with Gasteiger partial charge in [-0.05, 0) is 12.5 Å². The molecule has 0 aliphatic rings. The Morgan fingerprint density at radius 1 is 1.35 bits per heavy atom. The van der Waals surface area contributed by atoms with Gasteiger partial charge in [-0.15, -0.1) is 0 Å². The third-order valence-corrected chi connectivity index (χ3v) is 2.74. The summed E-state index contributed by atoms with van der Waals surface area (Å²) >= 11 is 0. The summed E-state index contributed by atoms with van der Waals surface area (Å²) in [6, 6.07) is 5.69. The van der Waals surface area contributed by atoms with E-state index in [4.69, 9.17) is 0 Å². The van der Waals surface area contributed by atoms with E-state index in [1.807, 2.05) is 6.92 Å². The van der Waals surface area contributed by atoms with Crippen LogP contribution in [-0.4, -0.2) is 35.2 Å². The molecular formula is C13H17N3O4. The number of para-hydroxylation sites is 2. The molecule has 0 heterocycles. The lowest BCUT2D eigenvalue weighted by Gasteiger charge is -2.15. The van der Waals surface area contributed by atoms with Crippen LogP contribution in [0.25, 0.3) is 0 Å². The summed E-state index contributed by atoms with van der Waals surface area (Å²) in [4.78, 5) is 35.0. The van der Waals surface area contributed by atoms with E-state index in [0.29, 0.717) is 6.54 Å². The first-order valence-corrected chi connectivity index (χ1v) is 6.27. The Kier molecular flexibility index (Phi) is 5.64. The van der Waals surface area contributed by atoms with Crippen molar-refractivity contribution in [2.75, 3.05) is 18.9 Å². The number of carbonyl (C=O) groups is 2. The van der Waals surface area contributed by atoms with Crippen LogP contribution in [0.2, 0.25) is 0 Å². The maximum atomic E-state index is 11.8. The van der Waals surface area contributed by atoms with Gasteiger partial charge in [0.2, 0.25) is 0 Å². The zero-order chi connectivity index (χ0) is 15.1. The number of nitrogens with zero attached hydrogens (tertiary/aromatic N) is 2. The number of nitrogens with one attached hydrogen (secondary N) is 1. The van der Waals surface area contributed by atoms with E-state index in [9.17, 15) is 19.7 Å². The van der Waals surface area contributed by atoms with Crippen molar-refractivity contribution >= 4 is 23.2 Å². The van der Waals surface area contributed by atoms with Gasteiger partial charge in [-0.1, -0.05) is 25.5 Å². The molecule has 1 N–H and O–H groups in total. The SMILES string of the molecule is CCCCN(C)C(=O)C(=O)Nc1ccccc1[N+](=O)[O-]. The van der Waals surface area contributed by atoms with Crippen LogP contribution in [0.1, 0.15) is 19.8 Å². The average molecular weight is 279 g/mol. The fraction of sp³-hybridized carbons (Fsp3) is 0.385. The molecule has 0 aliphatic carbocycles. The first-order valence-electron chi connectivity index (χ1n) is 6.27. The third kappa shape index (κ3) is 4.04. The fourth-order valence-electron chi connectivity index (χ4n) is 1.58. The van der Waals surface area contributed by atoms with Crippen molar-refractivity contribution in [3.05, 3.63) is 34.4 Å². The molecule has 1 aromatic rings. The van der Waals surface area contributed by atoms with Gasteiger partial charge in [-0.25, -0.2) is 0 Å². The summed E-state index contributed by atoms with van der Waals surface area (Å²) in [5.74, 6) is -1.59. The second-order valence-electron chi connectivity index (χ2n) is 4.31. The van der Waals surface area contributed by atoms with Crippen molar-refractivity contribution in [3.8, 4) is 0 Å². The lowest BCUT2D eigenvalue weighted by molar-refractivity contribution is -0.383. The summed E-state index contributed by atoms with van der Waals surface area (Å²) in [6.45, 7) is 2.45. The van der Waals surface area contributed by atoms with Crippen LogP contribution in [0.4, 0.5) is 11.4 Å². The first-order chi connectivity index (χ1) is 9.47. The highest BCUT2D eigenvalue weighted by molar-refractivity contribution is 6.39. The van der Waals surface area contributed by atoms with Gasteiger partial charge in [0.25, 0.3) is 5.69 Å². The van der Waals surface area contributed by atoms with Gasteiger partial charge in [0.15, 0.2) is 0 Å². The molecule has 20 heavy (non-hydrogen) atoms. The number of nitro groups is 1. The van der Waals surface area contributed by atoms with E-state index in [1.54, 1.807) is 6.07 Å². The molecule has 0 saturated carbocycles. The van der Waals surface area contributed by atoms with E-state index < -0.39 is 16.7 Å². The number of hydrogen-bond donors (Lipinski definition) is 1. The fourth-order valence-corrected chi connectivity index (χ4v) is 1.58. The van der Waals surface area contributed by atoms with Crippen molar-refractivity contribution in [1.29, 1.82) is 0 Å². The van der Waals surface area contributed by atoms with E-state index in [2.05, 4.69) is 5.32 Å². The van der Waals surface area contributed by atoms with Crippen molar-refractivity contribution in [3.63, 3.8) is 0 Å². The standard InChI is InChI=1S/C13H17N3O4/c1-3-4-9-15(2)13(18)12(17)14-10-7-5-6-8-11(10)16(19)20/h5-8H,3-4,9H2,1-2H3,(H,14,17).